The number of fused-ring (bicyclic) bond motifs is 4. The van der Waals surface area contributed by atoms with Crippen LogP contribution in [-0.2, 0) is 69.8 Å². The van der Waals surface area contributed by atoms with Crippen LogP contribution in [0.5, 0.6) is 0 Å². The number of cyclic esters (lactones) is 1. The van der Waals surface area contributed by atoms with Gasteiger partial charge in [-0.2, -0.15) is 0 Å². The Balaban J connectivity index is 0.000000148. The lowest BCUT2D eigenvalue weighted by Gasteiger charge is -2.31. The third-order valence-electron chi connectivity index (χ3n) is 19.7. The Labute approximate surface area is 670 Å². The number of benzene rings is 11. The van der Waals surface area contributed by atoms with Crippen molar-refractivity contribution in [2.75, 3.05) is 41.3 Å². The molecule has 3 N–H and O–H groups in total. The van der Waals surface area contributed by atoms with E-state index in [4.69, 9.17) is 58.4 Å². The zero-order chi connectivity index (χ0) is 83.1. The van der Waals surface area contributed by atoms with Gasteiger partial charge in [-0.1, -0.05) is 152 Å². The van der Waals surface area contributed by atoms with Crippen molar-refractivity contribution < 1.29 is 65.8 Å². The minimum absolute atomic E-state index is 0.152. The summed E-state index contributed by atoms with van der Waals surface area (Å²) < 4.78 is 88.3. The van der Waals surface area contributed by atoms with Crippen LogP contribution in [0.15, 0.2) is 231 Å². The van der Waals surface area contributed by atoms with Gasteiger partial charge in [0.25, 0.3) is 0 Å². The Morgan fingerprint density at radius 3 is 1.32 bits per heavy atom. The summed E-state index contributed by atoms with van der Waals surface area (Å²) in [6, 6.07) is 61.4. The molecule has 4 aliphatic heterocycles. The summed E-state index contributed by atoms with van der Waals surface area (Å²) in [7, 11) is 8.21. The van der Waals surface area contributed by atoms with Crippen LogP contribution < -0.4 is 0 Å². The molecule has 0 bridgehead atoms. The van der Waals surface area contributed by atoms with E-state index in [-0.39, 0.29) is 54.3 Å². The topological polar surface area (TPSA) is 164 Å². The number of hydrogen-bond acceptors (Lipinski definition) is 11. The molecule has 0 amide bonds. The highest BCUT2D eigenvalue weighted by Crippen LogP contribution is 2.48. The first kappa shape index (κ1) is 85.3. The zero-order valence-corrected chi connectivity index (χ0v) is 63.8. The van der Waals surface area contributed by atoms with Crippen LogP contribution in [0.3, 0.4) is 0 Å². The van der Waals surface area contributed by atoms with E-state index in [1.807, 2.05) is 72.8 Å². The Bertz CT molecular complexity index is 5460. The van der Waals surface area contributed by atoms with E-state index in [2.05, 4.69) is 67.1 Å². The predicted molar refractivity (Wildman–Crippen MR) is 430 cm³/mol. The number of nitrogens with zero attached hydrogens (tertiary/aromatic N) is 8. The van der Waals surface area contributed by atoms with Crippen molar-refractivity contribution in [1.82, 2.24) is 9.80 Å². The van der Waals surface area contributed by atoms with Gasteiger partial charge in [-0.15, -0.1) is 0 Å². The Kier molecular flexibility index (Phi) is 29.4. The minimum atomic E-state index is -0.956. The lowest BCUT2D eigenvalue weighted by atomic mass is 9.82. The largest absolute Gasteiger partial charge is 0.457 e. The van der Waals surface area contributed by atoms with E-state index in [0.717, 1.165) is 94.4 Å². The van der Waals surface area contributed by atoms with Gasteiger partial charge in [0.2, 0.25) is 0 Å². The monoisotopic (exact) mass is 1560 g/mol. The Morgan fingerprint density at radius 2 is 0.853 bits per heavy atom. The van der Waals surface area contributed by atoms with E-state index in [0.29, 0.717) is 99.5 Å². The molecule has 4 atom stereocenters. The van der Waals surface area contributed by atoms with E-state index in [1.54, 1.807) is 48.5 Å². The number of carbonyl (C=O) groups excluding carboxylic acids is 2. The van der Waals surface area contributed by atoms with Gasteiger partial charge in [0.15, 0.2) is 39.9 Å². The molecule has 4 aliphatic rings. The Hall–Kier alpha value is -13.2. The number of rotatable bonds is 17. The molecule has 4 heterocycles. The van der Waals surface area contributed by atoms with Gasteiger partial charge in [0, 0.05) is 11.1 Å². The predicted octanol–water partition coefficient (Wildman–Crippen LogP) is 20.9. The molecule has 11 aromatic rings. The Morgan fingerprint density at radius 1 is 0.457 bits per heavy atom. The van der Waals surface area contributed by atoms with Crippen LogP contribution in [0.25, 0.3) is 29.1 Å². The molecule has 0 fully saturated rings. The lowest BCUT2D eigenvalue weighted by molar-refractivity contribution is -0.0141. The standard InChI is InChI=1S/2C20H21FN2O.C15H12FNO2.C15H10FNO2.C15H10FNO.C9H5NO2/c2*1-22-18-9-10-19-15(13-18)14-24-20(19,11-4-12-23(2)3)16-5-7-17(21)8-6-16;2*1-17-13-6-7-14(11(8-13)9-18)15(19)10-2-4-12(16)5-3-10;1-17-13-6-7-14-11(8-13)9-18-15(14)10-2-4-12(16)5-3-10;1-10-7-2-3-8-6(4-7)5-12-9(8)11/h2*5-10,13H,4,11-12,14H2,2-3H3;2-8,15,18-19H,9H2;2-8,18H,9H2;2-8,15H,9H2;2-4H,5H2. The molecule has 15 rings (SSSR count). The fourth-order valence-corrected chi connectivity index (χ4v) is 13.8. The molecule has 0 aliphatic carbocycles. The van der Waals surface area contributed by atoms with Gasteiger partial charge in [0.05, 0.1) is 78.0 Å². The maximum Gasteiger partial charge on any atom is 0.338 e. The zero-order valence-electron chi connectivity index (χ0n) is 63.8. The first-order chi connectivity index (χ1) is 56.0. The third-order valence-corrected chi connectivity index (χ3v) is 19.7. The highest BCUT2D eigenvalue weighted by atomic mass is 19.1. The van der Waals surface area contributed by atoms with Gasteiger partial charge in [-0.05, 0) is 224 Å². The number of carbonyl (C=O) groups is 2. The van der Waals surface area contributed by atoms with Crippen LogP contribution in [-0.4, -0.2) is 78.2 Å². The van der Waals surface area contributed by atoms with Crippen molar-refractivity contribution in [3.8, 4) is 0 Å². The van der Waals surface area contributed by atoms with Gasteiger partial charge in [-0.3, -0.25) is 4.79 Å². The summed E-state index contributed by atoms with van der Waals surface area (Å²) in [5.41, 5.74) is 15.3. The maximum atomic E-state index is 13.4. The van der Waals surface area contributed by atoms with Crippen molar-refractivity contribution in [3.63, 3.8) is 0 Å². The smallest absolute Gasteiger partial charge is 0.338 e. The second-order valence-electron chi connectivity index (χ2n) is 27.8. The van der Waals surface area contributed by atoms with Crippen molar-refractivity contribution in [3.05, 3.63) is 423 Å². The van der Waals surface area contributed by atoms with Crippen molar-refractivity contribution in [2.45, 2.75) is 88.7 Å². The normalized spacial score (nSPS) is 15.6. The number of ether oxygens (including phenoxy) is 4. The van der Waals surface area contributed by atoms with E-state index >= 15 is 0 Å². The summed E-state index contributed by atoms with van der Waals surface area (Å²) in [5.74, 6) is -2.13. The van der Waals surface area contributed by atoms with Crippen molar-refractivity contribution >= 4 is 45.9 Å². The molecule has 0 saturated carbocycles. The highest BCUT2D eigenvalue weighted by Gasteiger charge is 2.43. The lowest BCUT2D eigenvalue weighted by Crippen LogP contribution is -2.28. The second kappa shape index (κ2) is 40.0. The van der Waals surface area contributed by atoms with Crippen LogP contribution >= 0.6 is 0 Å². The first-order valence-corrected chi connectivity index (χ1v) is 36.6. The molecule has 116 heavy (non-hydrogen) atoms. The summed E-state index contributed by atoms with van der Waals surface area (Å²) in [4.78, 5) is 47.7. The van der Waals surface area contributed by atoms with E-state index in [1.165, 1.54) is 109 Å². The number of aliphatic hydroxyl groups excluding tert-OH is 3. The molecule has 0 aromatic heterocycles. The summed E-state index contributed by atoms with van der Waals surface area (Å²) in [6.45, 7) is 45.0. The molecule has 0 saturated heterocycles. The number of halogens is 5. The third kappa shape index (κ3) is 21.0. The van der Waals surface area contributed by atoms with E-state index in [9.17, 15) is 46.9 Å². The summed E-state index contributed by atoms with van der Waals surface area (Å²) in [5, 5.41) is 28.8. The quantitative estimate of drug-likeness (QED) is 0.0344. The van der Waals surface area contributed by atoms with Crippen LogP contribution in [0.4, 0.5) is 56.1 Å². The molecule has 11 aromatic carbocycles. The molecule has 0 radical (unpaired) electrons. The number of esters is 1. The minimum Gasteiger partial charge on any atom is -0.457 e. The maximum absolute atomic E-state index is 13.4. The molecule has 17 nitrogen and oxygen atoms in total. The molecule has 584 valence electrons. The highest BCUT2D eigenvalue weighted by molar-refractivity contribution is 6.10. The van der Waals surface area contributed by atoms with Gasteiger partial charge in [0.1, 0.15) is 59.1 Å². The average Bonchev–Trinajstić information content (AvgIpc) is 1.59. The van der Waals surface area contributed by atoms with Crippen LogP contribution in [0.2, 0.25) is 0 Å². The fraction of sp³-hybridized carbons (Fsp3) is 0.213. The molecular formula is C94H79F5N8O9. The van der Waals surface area contributed by atoms with Crippen molar-refractivity contribution in [2.24, 2.45) is 0 Å². The molecular weight excluding hydrogens is 1480 g/mol. The number of hydrogen-bond donors (Lipinski definition) is 3. The number of aliphatic hydroxyl groups is 3. The van der Waals surface area contributed by atoms with Gasteiger partial charge in [-0.25, -0.2) is 55.8 Å². The van der Waals surface area contributed by atoms with E-state index < -0.39 is 23.1 Å². The molecule has 0 spiro atoms. The van der Waals surface area contributed by atoms with Gasteiger partial charge < -0.3 is 44.1 Å². The average molecular weight is 1560 g/mol. The number of ketones is 1. The van der Waals surface area contributed by atoms with Gasteiger partial charge >= 0.3 is 5.97 Å². The summed E-state index contributed by atoms with van der Waals surface area (Å²) >= 11 is 0. The van der Waals surface area contributed by atoms with Crippen molar-refractivity contribution in [1.29, 1.82) is 0 Å². The van der Waals surface area contributed by atoms with Crippen LogP contribution in [0.1, 0.15) is 142 Å². The van der Waals surface area contributed by atoms with Crippen LogP contribution in [0, 0.1) is 68.5 Å². The SMILES string of the molecule is [C-]#[N+]c1ccc(C(=O)c2ccc(F)cc2)c(CO)c1.[C-]#[N+]c1ccc(C(O)c2ccc(F)cc2)c(CO)c1.[C-]#[N+]c1ccc2c(c1)COC2(CCCN(C)C)c1ccc(F)cc1.[C-]#[N+]c1ccc2c(c1)COC2(CCCN(C)C)c1ccc(F)cc1.[C-]#[N+]c1ccc2c(c1)COC2=O.[C-]#[N+]c1ccc2c(c1)COC2c1ccc(F)cc1. The second-order valence-corrected chi connectivity index (χ2v) is 27.8. The first-order valence-electron chi connectivity index (χ1n) is 36.6. The summed E-state index contributed by atoms with van der Waals surface area (Å²) in [6.07, 6.45) is 2.47. The molecule has 22 heteroatoms. The fourth-order valence-electron chi connectivity index (χ4n) is 13.8. The molecule has 4 unspecified atom stereocenters.